The van der Waals surface area contributed by atoms with E-state index in [2.05, 4.69) is 0 Å². The Bertz CT molecular complexity index is 671. The monoisotopic (exact) mass is 316 g/mol. The largest absolute Gasteiger partial charge is 0.346 e. The zero-order chi connectivity index (χ0) is 16.3. The number of rotatable bonds is 5. The molecular formula is C18H21O3P. The van der Waals surface area contributed by atoms with E-state index in [9.17, 15) is 9.69 Å². The summed E-state index contributed by atoms with van der Waals surface area (Å²) in [6.45, 7) is 8.14. The molecule has 0 spiro atoms. The van der Waals surface area contributed by atoms with Crippen LogP contribution in [0.4, 0.5) is 0 Å². The van der Waals surface area contributed by atoms with Crippen molar-refractivity contribution in [2.75, 3.05) is 6.61 Å². The highest BCUT2D eigenvalue weighted by atomic mass is 31.2. The van der Waals surface area contributed by atoms with Gasteiger partial charge in [0.05, 0.1) is 6.61 Å². The van der Waals surface area contributed by atoms with Crippen LogP contribution in [0.1, 0.15) is 39.5 Å². The molecule has 0 aliphatic carbocycles. The van der Waals surface area contributed by atoms with E-state index < -0.39 is 8.38 Å². The molecule has 2 rings (SSSR count). The van der Waals surface area contributed by atoms with Crippen LogP contribution in [-0.4, -0.2) is 17.3 Å². The quantitative estimate of drug-likeness (QED) is 0.674. The molecule has 0 amide bonds. The third kappa shape index (κ3) is 3.44. The summed E-state index contributed by atoms with van der Waals surface area (Å²) >= 11 is 0. The molecule has 2 aromatic rings. The lowest BCUT2D eigenvalue weighted by molar-refractivity contribution is 0.103. The van der Waals surface area contributed by atoms with Crippen LogP contribution in [-0.2, 0) is 4.52 Å². The molecule has 0 heterocycles. The predicted octanol–water partition coefficient (Wildman–Crippen LogP) is 3.81. The van der Waals surface area contributed by atoms with Crippen LogP contribution in [0.2, 0.25) is 0 Å². The van der Waals surface area contributed by atoms with Crippen LogP contribution in [0, 0.1) is 20.8 Å². The minimum atomic E-state index is -1.77. The van der Waals surface area contributed by atoms with E-state index in [4.69, 9.17) is 4.52 Å². The Balaban J connectivity index is 2.51. The van der Waals surface area contributed by atoms with Crippen molar-refractivity contribution in [1.29, 1.82) is 0 Å². The van der Waals surface area contributed by atoms with Gasteiger partial charge in [-0.15, -0.1) is 0 Å². The highest BCUT2D eigenvalue weighted by molar-refractivity contribution is 7.55. The van der Waals surface area contributed by atoms with Gasteiger partial charge in [-0.3, -0.25) is 4.79 Å². The normalized spacial score (nSPS) is 12.2. The van der Waals surface area contributed by atoms with Gasteiger partial charge in [0.2, 0.25) is 8.38 Å². The molecule has 0 fully saturated rings. The molecule has 0 aliphatic rings. The molecule has 0 saturated carbocycles. The van der Waals surface area contributed by atoms with Gasteiger partial charge in [-0.2, -0.15) is 0 Å². The van der Waals surface area contributed by atoms with Crippen molar-refractivity contribution in [3.63, 3.8) is 0 Å². The lowest BCUT2D eigenvalue weighted by Crippen LogP contribution is -2.17. The first kappa shape index (κ1) is 16.8. The van der Waals surface area contributed by atoms with E-state index >= 15 is 0 Å². The zero-order valence-corrected chi connectivity index (χ0v) is 14.3. The van der Waals surface area contributed by atoms with Crippen LogP contribution in [0.5, 0.6) is 0 Å². The molecule has 4 heteroatoms. The predicted molar refractivity (Wildman–Crippen MR) is 90.9 cm³/mol. The summed E-state index contributed by atoms with van der Waals surface area (Å²) in [6, 6.07) is 11.1. The Morgan fingerprint density at radius 2 is 1.73 bits per heavy atom. The first-order valence-corrected chi connectivity index (χ1v) is 8.50. The lowest BCUT2D eigenvalue weighted by Gasteiger charge is -2.16. The third-order valence-corrected chi connectivity index (χ3v) is 4.82. The molecule has 3 nitrogen and oxygen atoms in total. The van der Waals surface area contributed by atoms with Gasteiger partial charge in [0.1, 0.15) is 0 Å². The Morgan fingerprint density at radius 3 is 2.32 bits per heavy atom. The van der Waals surface area contributed by atoms with Crippen molar-refractivity contribution in [1.82, 2.24) is 0 Å². The van der Waals surface area contributed by atoms with Crippen molar-refractivity contribution in [3.8, 4) is 0 Å². The van der Waals surface area contributed by atoms with Gasteiger partial charge < -0.3 is 9.42 Å². The van der Waals surface area contributed by atoms with Crippen LogP contribution in [0.15, 0.2) is 36.4 Å². The van der Waals surface area contributed by atoms with E-state index in [0.29, 0.717) is 23.0 Å². The molecular weight excluding hydrogens is 295 g/mol. The number of ketones is 1. The molecule has 1 N–H and O–H groups in total. The second kappa shape index (κ2) is 7.15. The van der Waals surface area contributed by atoms with E-state index in [0.717, 1.165) is 16.7 Å². The van der Waals surface area contributed by atoms with Gasteiger partial charge in [0, 0.05) is 16.4 Å². The average Bonchev–Trinajstić information content (AvgIpc) is 2.46. The van der Waals surface area contributed by atoms with E-state index in [1.807, 2.05) is 52.0 Å². The summed E-state index contributed by atoms with van der Waals surface area (Å²) in [5.74, 6) is -0.0631. The highest BCUT2D eigenvalue weighted by Gasteiger charge is 2.21. The maximum absolute atomic E-state index is 13.0. The minimum absolute atomic E-state index is 0.0631. The molecule has 22 heavy (non-hydrogen) atoms. The van der Waals surface area contributed by atoms with Crippen LogP contribution >= 0.6 is 8.38 Å². The number of benzene rings is 2. The molecule has 116 valence electrons. The number of carbonyl (C=O) groups excluding carboxylic acids is 1. The van der Waals surface area contributed by atoms with Gasteiger partial charge in [0.15, 0.2) is 5.78 Å². The molecule has 0 radical (unpaired) electrons. The van der Waals surface area contributed by atoms with Crippen molar-refractivity contribution in [2.45, 2.75) is 27.7 Å². The second-order valence-electron chi connectivity index (χ2n) is 5.31. The Labute approximate surface area is 132 Å². The first-order chi connectivity index (χ1) is 10.5. The van der Waals surface area contributed by atoms with Crippen LogP contribution in [0.25, 0.3) is 0 Å². The SMILES string of the molecule is CCOP(O)c1ccccc1C(=O)c1c(C)cc(C)cc1C. The molecule has 0 aromatic heterocycles. The molecule has 0 bridgehead atoms. The second-order valence-corrected chi connectivity index (χ2v) is 6.60. The summed E-state index contributed by atoms with van der Waals surface area (Å²) in [4.78, 5) is 23.1. The summed E-state index contributed by atoms with van der Waals surface area (Å²) in [6.07, 6.45) is 0. The summed E-state index contributed by atoms with van der Waals surface area (Å²) in [5, 5.41) is 0.573. The van der Waals surface area contributed by atoms with Crippen LogP contribution in [0.3, 0.4) is 0 Å². The molecule has 1 atom stereocenters. The molecule has 0 saturated heterocycles. The van der Waals surface area contributed by atoms with Crippen molar-refractivity contribution in [2.24, 2.45) is 0 Å². The zero-order valence-electron chi connectivity index (χ0n) is 13.4. The minimum Gasteiger partial charge on any atom is -0.346 e. The molecule has 2 aromatic carbocycles. The van der Waals surface area contributed by atoms with Crippen molar-refractivity contribution < 1.29 is 14.2 Å². The van der Waals surface area contributed by atoms with E-state index in [-0.39, 0.29) is 5.78 Å². The average molecular weight is 316 g/mol. The lowest BCUT2D eigenvalue weighted by atomic mass is 9.93. The molecule has 1 unspecified atom stereocenters. The van der Waals surface area contributed by atoms with Gasteiger partial charge in [-0.1, -0.05) is 35.9 Å². The molecule has 0 aliphatic heterocycles. The fourth-order valence-corrected chi connectivity index (χ4v) is 3.68. The first-order valence-electron chi connectivity index (χ1n) is 7.29. The number of aryl methyl sites for hydroxylation is 3. The number of hydrogen-bond acceptors (Lipinski definition) is 3. The fourth-order valence-electron chi connectivity index (χ4n) is 2.70. The summed E-state index contributed by atoms with van der Waals surface area (Å²) in [5.41, 5.74) is 4.27. The topological polar surface area (TPSA) is 46.5 Å². The maximum atomic E-state index is 13.0. The summed E-state index contributed by atoms with van der Waals surface area (Å²) < 4.78 is 5.30. The smallest absolute Gasteiger partial charge is 0.203 e. The van der Waals surface area contributed by atoms with E-state index in [1.54, 1.807) is 12.1 Å². The van der Waals surface area contributed by atoms with Crippen LogP contribution < -0.4 is 5.30 Å². The van der Waals surface area contributed by atoms with E-state index in [1.165, 1.54) is 0 Å². The Kier molecular flexibility index (Phi) is 5.47. The van der Waals surface area contributed by atoms with Gasteiger partial charge in [-0.25, -0.2) is 0 Å². The highest BCUT2D eigenvalue weighted by Crippen LogP contribution is 2.32. The summed E-state index contributed by atoms with van der Waals surface area (Å²) in [7, 11) is -1.77. The van der Waals surface area contributed by atoms with Crippen molar-refractivity contribution in [3.05, 3.63) is 64.2 Å². The Hall–Kier alpha value is -1.54. The van der Waals surface area contributed by atoms with Gasteiger partial charge in [0.25, 0.3) is 0 Å². The van der Waals surface area contributed by atoms with Crippen molar-refractivity contribution >= 4 is 19.5 Å². The fraction of sp³-hybridized carbons (Fsp3) is 0.278. The standard InChI is InChI=1S/C18H21O3P/c1-5-21-22(20)16-9-7-6-8-15(16)18(19)17-13(3)10-12(2)11-14(17)4/h6-11,20H,5H2,1-4H3. The third-order valence-electron chi connectivity index (χ3n) is 3.51. The maximum Gasteiger partial charge on any atom is 0.203 e. The number of carbonyl (C=O) groups is 1. The van der Waals surface area contributed by atoms with Gasteiger partial charge >= 0.3 is 0 Å². The Morgan fingerprint density at radius 1 is 1.14 bits per heavy atom. The van der Waals surface area contributed by atoms with Gasteiger partial charge in [-0.05, 0) is 44.9 Å². The number of hydrogen-bond donors (Lipinski definition) is 1.